The molecule has 0 fully saturated rings. The number of para-hydroxylation sites is 2. The Hall–Kier alpha value is -4.86. The summed E-state index contributed by atoms with van der Waals surface area (Å²) >= 11 is 0. The average molecular weight is 491 g/mol. The molecule has 0 aliphatic heterocycles. The van der Waals surface area contributed by atoms with E-state index in [4.69, 9.17) is 9.84 Å². The Morgan fingerprint density at radius 3 is 2.11 bits per heavy atom. The van der Waals surface area contributed by atoms with Crippen molar-refractivity contribution in [3.63, 3.8) is 0 Å². The van der Waals surface area contributed by atoms with E-state index in [1.165, 1.54) is 15.9 Å². The summed E-state index contributed by atoms with van der Waals surface area (Å²) in [5, 5.41) is 13.8. The maximum Gasteiger partial charge on any atom is 0.341 e. The fraction of sp³-hybridized carbons (Fsp3) is 0.154. The molecule has 0 atom stereocenters. The summed E-state index contributed by atoms with van der Waals surface area (Å²) < 4.78 is 5.09. The lowest BCUT2D eigenvalue weighted by molar-refractivity contribution is -0.139. The van der Waals surface area contributed by atoms with Gasteiger partial charge in [-0.15, -0.1) is 0 Å². The summed E-state index contributed by atoms with van der Waals surface area (Å²) in [6.45, 7) is -1.10. The number of anilines is 3. The zero-order valence-electron chi connectivity index (χ0n) is 19.6. The molecule has 0 radical (unpaired) electrons. The number of nitrogens with one attached hydrogen (secondary N) is 2. The van der Waals surface area contributed by atoms with Crippen LogP contribution < -0.4 is 25.2 Å². The van der Waals surface area contributed by atoms with Crippen LogP contribution >= 0.6 is 0 Å². The Balaban J connectivity index is 1.62. The van der Waals surface area contributed by atoms with E-state index in [1.54, 1.807) is 67.7 Å². The highest BCUT2D eigenvalue weighted by Crippen LogP contribution is 2.18. The highest BCUT2D eigenvalue weighted by molar-refractivity contribution is 6.05. The molecule has 0 saturated heterocycles. The second-order valence-corrected chi connectivity index (χ2v) is 7.62. The molecule has 186 valence electrons. The number of carbonyl (C=O) groups is 4. The minimum absolute atomic E-state index is 0.222. The third-order valence-electron chi connectivity index (χ3n) is 5.03. The van der Waals surface area contributed by atoms with Gasteiger partial charge in [-0.05, 0) is 36.4 Å². The van der Waals surface area contributed by atoms with Crippen molar-refractivity contribution in [2.75, 3.05) is 41.9 Å². The number of nitrogens with zero attached hydrogens (tertiary/aromatic N) is 2. The van der Waals surface area contributed by atoms with Gasteiger partial charge in [-0.1, -0.05) is 42.5 Å². The lowest BCUT2D eigenvalue weighted by Crippen LogP contribution is -2.46. The number of ether oxygens (including phenoxy) is 1. The molecule has 10 nitrogen and oxygen atoms in total. The normalized spacial score (nSPS) is 10.1. The van der Waals surface area contributed by atoms with Crippen molar-refractivity contribution in [3.05, 3.63) is 84.9 Å². The highest BCUT2D eigenvalue weighted by atomic mass is 16.5. The first-order valence-electron chi connectivity index (χ1n) is 11.0. The Morgan fingerprint density at radius 1 is 0.833 bits per heavy atom. The molecule has 3 N–H and O–H groups in total. The second-order valence-electron chi connectivity index (χ2n) is 7.62. The van der Waals surface area contributed by atoms with E-state index in [2.05, 4.69) is 10.6 Å². The van der Waals surface area contributed by atoms with Crippen LogP contribution in [0.5, 0.6) is 5.75 Å². The first-order chi connectivity index (χ1) is 17.3. The van der Waals surface area contributed by atoms with Gasteiger partial charge in [-0.2, -0.15) is 0 Å². The van der Waals surface area contributed by atoms with Crippen molar-refractivity contribution >= 4 is 40.9 Å². The van der Waals surface area contributed by atoms with Crippen molar-refractivity contribution in [3.8, 4) is 5.75 Å². The van der Waals surface area contributed by atoms with Gasteiger partial charge in [0.15, 0.2) is 6.61 Å². The largest absolute Gasteiger partial charge is 0.482 e. The van der Waals surface area contributed by atoms with Gasteiger partial charge in [0.1, 0.15) is 12.3 Å². The molecule has 0 spiro atoms. The Labute approximate surface area is 208 Å². The molecule has 0 aliphatic carbocycles. The van der Waals surface area contributed by atoms with Gasteiger partial charge in [0.2, 0.25) is 11.8 Å². The van der Waals surface area contributed by atoms with Crippen molar-refractivity contribution in [1.29, 1.82) is 0 Å². The quantitative estimate of drug-likeness (QED) is 0.401. The van der Waals surface area contributed by atoms with Crippen LogP contribution in [0.25, 0.3) is 0 Å². The SMILES string of the molecule is CN(C(=O)CN(C(=O)CNC(=O)Nc1cccc(OCC(=O)O)c1)c1ccccc1)c1ccccc1. The molecule has 4 amide bonds. The number of likely N-dealkylation sites (N-methyl/N-ethyl adjacent to an activating group) is 1. The molecule has 10 heteroatoms. The maximum atomic E-state index is 13.0. The van der Waals surface area contributed by atoms with E-state index in [9.17, 15) is 19.2 Å². The van der Waals surface area contributed by atoms with Gasteiger partial charge in [-0.25, -0.2) is 9.59 Å². The number of urea groups is 1. The molecule has 3 rings (SSSR count). The van der Waals surface area contributed by atoms with Crippen LogP contribution in [0.4, 0.5) is 21.9 Å². The van der Waals surface area contributed by atoms with Crippen molar-refractivity contribution in [2.45, 2.75) is 0 Å². The number of rotatable bonds is 10. The van der Waals surface area contributed by atoms with Crippen LogP contribution in [0.15, 0.2) is 84.9 Å². The zero-order chi connectivity index (χ0) is 25.9. The maximum absolute atomic E-state index is 13.0. The van der Waals surface area contributed by atoms with Crippen LogP contribution in [0.2, 0.25) is 0 Å². The molecule has 0 heterocycles. The molecule has 0 saturated carbocycles. The van der Waals surface area contributed by atoms with Crippen LogP contribution in [0.3, 0.4) is 0 Å². The van der Waals surface area contributed by atoms with E-state index in [0.717, 1.165) is 0 Å². The predicted molar refractivity (Wildman–Crippen MR) is 135 cm³/mol. The summed E-state index contributed by atoms with van der Waals surface area (Å²) in [6.07, 6.45) is 0. The molecular formula is C26H26N4O6. The number of amides is 4. The predicted octanol–water partition coefficient (Wildman–Crippen LogP) is 2.97. The highest BCUT2D eigenvalue weighted by Gasteiger charge is 2.22. The van der Waals surface area contributed by atoms with E-state index >= 15 is 0 Å². The lowest BCUT2D eigenvalue weighted by atomic mass is 10.2. The first kappa shape index (κ1) is 25.8. The average Bonchev–Trinajstić information content (AvgIpc) is 2.89. The number of carbonyl (C=O) groups excluding carboxylic acids is 3. The zero-order valence-corrected chi connectivity index (χ0v) is 19.6. The lowest BCUT2D eigenvalue weighted by Gasteiger charge is -2.25. The van der Waals surface area contributed by atoms with Crippen LogP contribution in [0.1, 0.15) is 0 Å². The van der Waals surface area contributed by atoms with Gasteiger partial charge in [0, 0.05) is 30.2 Å². The smallest absolute Gasteiger partial charge is 0.341 e. The summed E-state index contributed by atoms with van der Waals surface area (Å²) in [6, 6.07) is 23.3. The van der Waals surface area contributed by atoms with Crippen molar-refractivity contribution < 1.29 is 29.0 Å². The molecule has 36 heavy (non-hydrogen) atoms. The summed E-state index contributed by atoms with van der Waals surface area (Å²) in [4.78, 5) is 51.7. The van der Waals surface area contributed by atoms with Crippen molar-refractivity contribution in [2.24, 2.45) is 0 Å². The first-order valence-corrected chi connectivity index (χ1v) is 11.0. The molecular weight excluding hydrogens is 464 g/mol. The Morgan fingerprint density at radius 2 is 1.47 bits per heavy atom. The monoisotopic (exact) mass is 490 g/mol. The van der Waals surface area contributed by atoms with Gasteiger partial charge < -0.3 is 30.3 Å². The second kappa shape index (κ2) is 12.6. The molecule has 3 aromatic carbocycles. The Bertz CT molecular complexity index is 1200. The summed E-state index contributed by atoms with van der Waals surface area (Å²) in [7, 11) is 1.63. The van der Waals surface area contributed by atoms with Crippen LogP contribution in [-0.2, 0) is 14.4 Å². The molecule has 0 unspecified atom stereocenters. The molecule has 0 aliphatic rings. The van der Waals surface area contributed by atoms with Gasteiger partial charge in [0.25, 0.3) is 0 Å². The third-order valence-corrected chi connectivity index (χ3v) is 5.03. The fourth-order valence-corrected chi connectivity index (χ4v) is 3.20. The number of carboxylic acid groups (broad SMARTS) is 1. The third kappa shape index (κ3) is 7.59. The van der Waals surface area contributed by atoms with Crippen molar-refractivity contribution in [1.82, 2.24) is 5.32 Å². The van der Waals surface area contributed by atoms with E-state index in [0.29, 0.717) is 17.1 Å². The number of hydrogen-bond acceptors (Lipinski definition) is 5. The van der Waals surface area contributed by atoms with Gasteiger partial charge in [0.05, 0.1) is 6.54 Å². The minimum atomic E-state index is -1.12. The van der Waals surface area contributed by atoms with E-state index in [-0.39, 0.29) is 24.7 Å². The van der Waals surface area contributed by atoms with E-state index < -0.39 is 24.5 Å². The number of carboxylic acids is 1. The van der Waals surface area contributed by atoms with Gasteiger partial charge in [-0.3, -0.25) is 9.59 Å². The fourth-order valence-electron chi connectivity index (χ4n) is 3.20. The van der Waals surface area contributed by atoms with Crippen LogP contribution in [0, 0.1) is 0 Å². The number of aliphatic carboxylic acids is 1. The number of benzene rings is 3. The standard InChI is InChI=1S/C26H26N4O6/c1-29(20-10-4-2-5-11-20)24(32)17-30(21-12-6-3-7-13-21)23(31)16-27-26(35)28-19-9-8-14-22(15-19)36-18-25(33)34/h2-15H,16-18H2,1H3,(H,33,34)(H2,27,28,35). The summed E-state index contributed by atoms with van der Waals surface area (Å²) in [5.74, 6) is -1.64. The molecule has 3 aromatic rings. The van der Waals surface area contributed by atoms with Gasteiger partial charge >= 0.3 is 12.0 Å². The summed E-state index contributed by atoms with van der Waals surface area (Å²) in [5.41, 5.74) is 1.56. The molecule has 0 bridgehead atoms. The Kier molecular flexibility index (Phi) is 8.99. The molecule has 0 aromatic heterocycles. The number of hydrogen-bond donors (Lipinski definition) is 3. The van der Waals surface area contributed by atoms with Crippen LogP contribution in [-0.4, -0.2) is 55.7 Å². The minimum Gasteiger partial charge on any atom is -0.482 e. The topological polar surface area (TPSA) is 128 Å². The van der Waals surface area contributed by atoms with E-state index in [1.807, 2.05) is 18.2 Å².